The molecule has 0 spiro atoms. The van der Waals surface area contributed by atoms with Crippen molar-refractivity contribution in [3.63, 3.8) is 0 Å². The summed E-state index contributed by atoms with van der Waals surface area (Å²) in [7, 11) is 0. The number of carboxylic acids is 2. The van der Waals surface area contributed by atoms with Gasteiger partial charge in [0, 0.05) is 13.1 Å². The van der Waals surface area contributed by atoms with Crippen molar-refractivity contribution in [1.29, 1.82) is 0 Å². The van der Waals surface area contributed by atoms with Crippen LogP contribution in [0.2, 0.25) is 0 Å². The van der Waals surface area contributed by atoms with Gasteiger partial charge in [-0.25, -0.2) is 9.59 Å². The first-order chi connectivity index (χ1) is 17.3. The van der Waals surface area contributed by atoms with Gasteiger partial charge < -0.3 is 19.8 Å². The Morgan fingerprint density at radius 2 is 1.61 bits per heavy atom. The van der Waals surface area contributed by atoms with E-state index >= 15 is 0 Å². The molecule has 2 fully saturated rings. The van der Waals surface area contributed by atoms with Gasteiger partial charge in [-0.15, -0.1) is 0 Å². The number of carbonyl (C=O) groups is 3. The maximum absolute atomic E-state index is 13.0. The number of benzene rings is 3. The van der Waals surface area contributed by atoms with Gasteiger partial charge in [-0.1, -0.05) is 55.3 Å². The van der Waals surface area contributed by atoms with E-state index in [4.69, 9.17) is 4.74 Å². The minimum atomic E-state index is -0.972. The number of carboxylic acid groups (broad SMARTS) is 2. The molecular weight excluding hydrogens is 458 g/mol. The minimum absolute atomic E-state index is 0.0620. The lowest BCUT2D eigenvalue weighted by Gasteiger charge is -2.31. The van der Waals surface area contributed by atoms with Crippen LogP contribution in [0.4, 0.5) is 4.79 Å². The highest BCUT2D eigenvalue weighted by Crippen LogP contribution is 2.40. The number of amides is 1. The van der Waals surface area contributed by atoms with Gasteiger partial charge in [0.25, 0.3) is 0 Å². The van der Waals surface area contributed by atoms with Gasteiger partial charge in [0.15, 0.2) is 0 Å². The zero-order chi connectivity index (χ0) is 25.3. The summed E-state index contributed by atoms with van der Waals surface area (Å²) in [6.45, 7) is 0.400. The first-order valence-electron chi connectivity index (χ1n) is 12.4. The third kappa shape index (κ3) is 4.91. The summed E-state index contributed by atoms with van der Waals surface area (Å²) in [5, 5.41) is 21.4. The van der Waals surface area contributed by atoms with Crippen LogP contribution in [-0.2, 0) is 16.1 Å². The monoisotopic (exact) mass is 487 g/mol. The first-order valence-corrected chi connectivity index (χ1v) is 12.4. The highest BCUT2D eigenvalue weighted by atomic mass is 16.6. The first kappa shape index (κ1) is 23.9. The average Bonchev–Trinajstić information content (AvgIpc) is 3.56. The summed E-state index contributed by atoms with van der Waals surface area (Å²) >= 11 is 0. The molecule has 0 radical (unpaired) electrons. The van der Waals surface area contributed by atoms with Crippen LogP contribution in [0.1, 0.15) is 54.4 Å². The maximum Gasteiger partial charge on any atom is 0.410 e. The highest BCUT2D eigenvalue weighted by Gasteiger charge is 2.44. The van der Waals surface area contributed by atoms with Gasteiger partial charge in [-0.05, 0) is 71.3 Å². The van der Waals surface area contributed by atoms with Gasteiger partial charge in [0.1, 0.15) is 6.10 Å². The van der Waals surface area contributed by atoms with E-state index in [1.807, 2.05) is 42.5 Å². The largest absolute Gasteiger partial charge is 0.481 e. The van der Waals surface area contributed by atoms with Crippen molar-refractivity contribution in [1.82, 2.24) is 4.90 Å². The number of ether oxygens (including phenoxy) is 1. The van der Waals surface area contributed by atoms with Crippen molar-refractivity contribution in [2.75, 3.05) is 6.54 Å². The van der Waals surface area contributed by atoms with Crippen LogP contribution in [0.5, 0.6) is 0 Å². The lowest BCUT2D eigenvalue weighted by molar-refractivity contribution is -0.149. The van der Waals surface area contributed by atoms with Crippen molar-refractivity contribution in [2.24, 2.45) is 5.41 Å². The van der Waals surface area contributed by atoms with Gasteiger partial charge in [-0.3, -0.25) is 4.79 Å². The molecule has 0 saturated heterocycles. The second kappa shape index (κ2) is 9.64. The molecule has 3 aromatic carbocycles. The van der Waals surface area contributed by atoms with E-state index in [1.54, 1.807) is 23.1 Å². The Hall–Kier alpha value is -3.87. The molecule has 0 aliphatic heterocycles. The van der Waals surface area contributed by atoms with Crippen LogP contribution in [0.15, 0.2) is 60.7 Å². The number of hydrogen-bond acceptors (Lipinski definition) is 4. The second-order valence-electron chi connectivity index (χ2n) is 9.98. The SMILES string of the molecule is O=C(O)c1ccccc1-c1ccc2cc(CN(CC3(C(=O)O)CCCC3)C(=O)OC3CC3)ccc2c1. The molecule has 0 heterocycles. The van der Waals surface area contributed by atoms with E-state index in [-0.39, 0.29) is 24.8 Å². The van der Waals surface area contributed by atoms with Crippen LogP contribution in [0, 0.1) is 5.41 Å². The Bertz CT molecular complexity index is 1320. The summed E-state index contributed by atoms with van der Waals surface area (Å²) in [4.78, 5) is 38.3. The number of hydrogen-bond donors (Lipinski definition) is 2. The van der Waals surface area contributed by atoms with Crippen LogP contribution >= 0.6 is 0 Å². The quantitative estimate of drug-likeness (QED) is 0.407. The number of aliphatic carboxylic acids is 1. The predicted molar refractivity (Wildman–Crippen MR) is 135 cm³/mol. The fraction of sp³-hybridized carbons (Fsp3) is 0.345. The fourth-order valence-electron chi connectivity index (χ4n) is 5.15. The highest BCUT2D eigenvalue weighted by molar-refractivity contribution is 5.98. The van der Waals surface area contributed by atoms with E-state index in [2.05, 4.69) is 0 Å². The van der Waals surface area contributed by atoms with Crippen molar-refractivity contribution in [2.45, 2.75) is 51.2 Å². The van der Waals surface area contributed by atoms with Crippen molar-refractivity contribution in [3.05, 3.63) is 71.8 Å². The Morgan fingerprint density at radius 3 is 2.31 bits per heavy atom. The van der Waals surface area contributed by atoms with Crippen molar-refractivity contribution >= 4 is 28.8 Å². The van der Waals surface area contributed by atoms with Gasteiger partial charge in [-0.2, -0.15) is 0 Å². The number of carbonyl (C=O) groups excluding carboxylic acids is 1. The lowest BCUT2D eigenvalue weighted by atomic mass is 9.85. The third-order valence-corrected chi connectivity index (χ3v) is 7.30. The molecule has 7 heteroatoms. The number of nitrogens with zero attached hydrogens (tertiary/aromatic N) is 1. The standard InChI is InChI=1S/C29H29NO6/c31-26(32)25-6-2-1-5-24(25)22-10-9-20-15-19(7-8-21(20)16-22)17-30(28(35)36-23-11-12-23)18-29(27(33)34)13-3-4-14-29/h1-2,5-10,15-16,23H,3-4,11-14,17-18H2,(H,31,32)(H,33,34). The Morgan fingerprint density at radius 1 is 0.917 bits per heavy atom. The topological polar surface area (TPSA) is 104 Å². The molecular formula is C29H29NO6. The molecule has 186 valence electrons. The minimum Gasteiger partial charge on any atom is -0.481 e. The summed E-state index contributed by atoms with van der Waals surface area (Å²) in [6.07, 6.45) is 4.02. The maximum atomic E-state index is 13.0. The summed E-state index contributed by atoms with van der Waals surface area (Å²) in [5.41, 5.74) is 1.67. The normalized spacial score (nSPS) is 16.6. The molecule has 2 aliphatic rings. The average molecular weight is 488 g/mol. The molecule has 3 aromatic rings. The lowest BCUT2D eigenvalue weighted by Crippen LogP contribution is -2.44. The molecule has 0 unspecified atom stereocenters. The third-order valence-electron chi connectivity index (χ3n) is 7.30. The number of rotatable bonds is 8. The molecule has 36 heavy (non-hydrogen) atoms. The van der Waals surface area contributed by atoms with E-state index in [0.717, 1.165) is 47.6 Å². The molecule has 2 N–H and O–H groups in total. The van der Waals surface area contributed by atoms with Crippen LogP contribution < -0.4 is 0 Å². The van der Waals surface area contributed by atoms with E-state index in [1.165, 1.54) is 0 Å². The molecule has 2 saturated carbocycles. The van der Waals surface area contributed by atoms with E-state index in [9.17, 15) is 24.6 Å². The smallest absolute Gasteiger partial charge is 0.410 e. The molecule has 0 aromatic heterocycles. The van der Waals surface area contributed by atoms with Crippen LogP contribution in [0.3, 0.4) is 0 Å². The van der Waals surface area contributed by atoms with Crippen molar-refractivity contribution < 1.29 is 29.3 Å². The zero-order valence-electron chi connectivity index (χ0n) is 20.0. The molecule has 2 aliphatic carbocycles. The Kier molecular flexibility index (Phi) is 6.39. The molecule has 5 rings (SSSR count). The van der Waals surface area contributed by atoms with Crippen molar-refractivity contribution in [3.8, 4) is 11.1 Å². The van der Waals surface area contributed by atoms with Gasteiger partial charge in [0.2, 0.25) is 0 Å². The van der Waals surface area contributed by atoms with Gasteiger partial charge >= 0.3 is 18.0 Å². The number of fused-ring (bicyclic) bond motifs is 1. The van der Waals surface area contributed by atoms with Gasteiger partial charge in [0.05, 0.1) is 11.0 Å². The van der Waals surface area contributed by atoms with E-state index < -0.39 is 23.4 Å². The fourth-order valence-corrected chi connectivity index (χ4v) is 5.15. The summed E-state index contributed by atoms with van der Waals surface area (Å²) in [5.74, 6) is -1.82. The Balaban J connectivity index is 1.41. The predicted octanol–water partition coefficient (Wildman–Crippen LogP) is 5.95. The molecule has 1 amide bonds. The second-order valence-corrected chi connectivity index (χ2v) is 9.98. The molecule has 0 bridgehead atoms. The number of aromatic carboxylic acids is 1. The Labute approximate surface area is 209 Å². The van der Waals surface area contributed by atoms with E-state index in [0.29, 0.717) is 18.4 Å². The zero-order valence-corrected chi connectivity index (χ0v) is 20.0. The van der Waals surface area contributed by atoms with Crippen LogP contribution in [-0.4, -0.2) is 45.8 Å². The molecule has 7 nitrogen and oxygen atoms in total. The summed E-state index contributed by atoms with van der Waals surface area (Å²) in [6, 6.07) is 18.6. The van der Waals surface area contributed by atoms with Crippen LogP contribution in [0.25, 0.3) is 21.9 Å². The molecule has 0 atom stereocenters. The summed E-state index contributed by atoms with van der Waals surface area (Å²) < 4.78 is 5.56.